The first kappa shape index (κ1) is 18.8. The number of sulfone groups is 1. The van der Waals surface area contributed by atoms with E-state index in [0.717, 1.165) is 38.4 Å². The van der Waals surface area contributed by atoms with Gasteiger partial charge in [0, 0.05) is 6.26 Å². The molecule has 0 aromatic carbocycles. The Morgan fingerprint density at radius 1 is 1.05 bits per heavy atom. The highest BCUT2D eigenvalue weighted by Gasteiger charge is 2.37. The van der Waals surface area contributed by atoms with Crippen LogP contribution in [-0.2, 0) is 19.9 Å². The van der Waals surface area contributed by atoms with Crippen LogP contribution in [0.4, 0.5) is 0 Å². The maximum Gasteiger partial charge on any atom is 0.213 e. The molecule has 0 aromatic heterocycles. The summed E-state index contributed by atoms with van der Waals surface area (Å²) < 4.78 is 49.2. The molecule has 124 valence electrons. The Morgan fingerprint density at radius 3 is 1.95 bits per heavy atom. The quantitative estimate of drug-likeness (QED) is 0.679. The molecule has 0 saturated heterocycles. The van der Waals surface area contributed by atoms with E-state index in [1.165, 1.54) is 0 Å². The molecule has 0 heterocycles. The van der Waals surface area contributed by atoms with E-state index in [1.807, 2.05) is 0 Å². The van der Waals surface area contributed by atoms with Crippen molar-refractivity contribution in [3.63, 3.8) is 0 Å². The molecule has 0 aliphatic heterocycles. The van der Waals surface area contributed by atoms with Gasteiger partial charge in [0.15, 0.2) is 0 Å². The summed E-state index contributed by atoms with van der Waals surface area (Å²) in [5.74, 6) is -0.869. The Labute approximate surface area is 132 Å². The predicted octanol–water partition coefficient (Wildman–Crippen LogP) is 0.720. The van der Waals surface area contributed by atoms with Crippen LogP contribution in [-0.4, -0.2) is 45.1 Å². The summed E-state index contributed by atoms with van der Waals surface area (Å²) in [4.78, 5) is 0.146. The lowest BCUT2D eigenvalue weighted by Gasteiger charge is -2.35. The molecule has 0 bridgehead atoms. The molecule has 21 heavy (non-hydrogen) atoms. The number of rotatable bonds is 6. The van der Waals surface area contributed by atoms with Crippen molar-refractivity contribution in [3.8, 4) is 0 Å². The minimum atomic E-state index is -3.74. The van der Waals surface area contributed by atoms with Crippen molar-refractivity contribution in [1.29, 1.82) is 0 Å². The summed E-state index contributed by atoms with van der Waals surface area (Å²) >= 11 is 5.09. The molecule has 6 nitrogen and oxygen atoms in total. The Hall–Kier alpha value is -0.250. The van der Waals surface area contributed by atoms with Crippen molar-refractivity contribution in [2.75, 3.05) is 17.8 Å². The standard InChI is InChI=1S/C12H24N2O4S3/c1-20(15,16)9-10-21(17,18)14-12(11(13)19)7-5-3-2-4-6-8-12/h14H,2-10H2,1H3,(H2,13,19). The topological polar surface area (TPSA) is 106 Å². The van der Waals surface area contributed by atoms with Crippen LogP contribution < -0.4 is 10.5 Å². The molecule has 1 aliphatic rings. The summed E-state index contributed by atoms with van der Waals surface area (Å²) in [6.45, 7) is 0. The molecule has 0 atom stereocenters. The maximum absolute atomic E-state index is 12.2. The third-order valence-electron chi connectivity index (χ3n) is 3.75. The average Bonchev–Trinajstić information content (AvgIpc) is 2.29. The van der Waals surface area contributed by atoms with Crippen LogP contribution in [0.2, 0.25) is 0 Å². The Balaban J connectivity index is 2.87. The first-order valence-corrected chi connectivity index (χ1v) is 11.2. The van der Waals surface area contributed by atoms with Gasteiger partial charge in [-0.25, -0.2) is 21.6 Å². The largest absolute Gasteiger partial charge is 0.392 e. The molecular formula is C12H24N2O4S3. The van der Waals surface area contributed by atoms with Crippen LogP contribution in [0, 0.1) is 0 Å². The minimum Gasteiger partial charge on any atom is -0.392 e. The van der Waals surface area contributed by atoms with Crippen molar-refractivity contribution in [3.05, 3.63) is 0 Å². The lowest BCUT2D eigenvalue weighted by Crippen LogP contribution is -2.57. The summed E-state index contributed by atoms with van der Waals surface area (Å²) in [6.07, 6.45) is 7.04. The second-order valence-electron chi connectivity index (χ2n) is 5.76. The van der Waals surface area contributed by atoms with Crippen LogP contribution >= 0.6 is 12.2 Å². The van der Waals surface area contributed by atoms with Gasteiger partial charge in [0.2, 0.25) is 10.0 Å². The number of hydrogen-bond acceptors (Lipinski definition) is 5. The Morgan fingerprint density at radius 2 is 1.52 bits per heavy atom. The number of sulfonamides is 1. The zero-order valence-electron chi connectivity index (χ0n) is 12.3. The molecule has 0 spiro atoms. The number of hydrogen-bond donors (Lipinski definition) is 2. The highest BCUT2D eigenvalue weighted by Crippen LogP contribution is 2.27. The maximum atomic E-state index is 12.2. The van der Waals surface area contributed by atoms with Crippen LogP contribution in [0.25, 0.3) is 0 Å². The van der Waals surface area contributed by atoms with E-state index in [2.05, 4.69) is 4.72 Å². The zero-order chi connectivity index (χ0) is 16.1. The predicted molar refractivity (Wildman–Crippen MR) is 88.5 cm³/mol. The van der Waals surface area contributed by atoms with Crippen LogP contribution in [0.1, 0.15) is 44.9 Å². The number of thiocarbonyl (C=S) groups is 1. The first-order valence-electron chi connectivity index (χ1n) is 7.06. The highest BCUT2D eigenvalue weighted by molar-refractivity contribution is 7.93. The van der Waals surface area contributed by atoms with Crippen molar-refractivity contribution in [2.24, 2.45) is 5.73 Å². The van der Waals surface area contributed by atoms with Gasteiger partial charge in [-0.15, -0.1) is 0 Å². The number of nitrogens with one attached hydrogen (secondary N) is 1. The molecule has 1 saturated carbocycles. The molecule has 1 fully saturated rings. The molecule has 1 rings (SSSR count). The summed E-state index contributed by atoms with van der Waals surface area (Å²) in [7, 11) is -7.08. The lowest BCUT2D eigenvalue weighted by atomic mass is 9.85. The van der Waals surface area contributed by atoms with E-state index in [9.17, 15) is 16.8 Å². The third kappa shape index (κ3) is 6.58. The molecule has 0 amide bonds. The van der Waals surface area contributed by atoms with Gasteiger partial charge in [0.05, 0.1) is 22.0 Å². The molecular weight excluding hydrogens is 332 g/mol. The van der Waals surface area contributed by atoms with Gasteiger partial charge in [-0.2, -0.15) is 0 Å². The first-order chi connectivity index (χ1) is 9.56. The van der Waals surface area contributed by atoms with E-state index in [1.54, 1.807) is 0 Å². The van der Waals surface area contributed by atoms with E-state index in [4.69, 9.17) is 18.0 Å². The summed E-state index contributed by atoms with van der Waals surface area (Å²) in [5.41, 5.74) is 4.89. The normalized spacial score (nSPS) is 20.4. The Bertz CT molecular complexity index is 561. The van der Waals surface area contributed by atoms with E-state index >= 15 is 0 Å². The van der Waals surface area contributed by atoms with Crippen molar-refractivity contribution < 1.29 is 16.8 Å². The molecule has 0 radical (unpaired) electrons. The zero-order valence-corrected chi connectivity index (χ0v) is 14.7. The summed E-state index contributed by atoms with van der Waals surface area (Å²) in [6, 6.07) is 0. The second kappa shape index (κ2) is 7.34. The van der Waals surface area contributed by atoms with Crippen LogP contribution in [0.3, 0.4) is 0 Å². The van der Waals surface area contributed by atoms with Crippen molar-refractivity contribution in [2.45, 2.75) is 50.5 Å². The molecule has 3 N–H and O–H groups in total. The van der Waals surface area contributed by atoms with E-state index in [0.29, 0.717) is 12.8 Å². The van der Waals surface area contributed by atoms with Gasteiger partial charge in [-0.05, 0) is 12.8 Å². The summed E-state index contributed by atoms with van der Waals surface area (Å²) in [5, 5.41) is 0. The monoisotopic (exact) mass is 356 g/mol. The molecule has 1 aliphatic carbocycles. The SMILES string of the molecule is CS(=O)(=O)CCS(=O)(=O)NC1(C(N)=S)CCCCCCC1. The van der Waals surface area contributed by atoms with E-state index < -0.39 is 36.9 Å². The smallest absolute Gasteiger partial charge is 0.213 e. The fourth-order valence-corrected chi connectivity index (χ4v) is 5.94. The number of nitrogens with two attached hydrogens (primary N) is 1. The molecule has 0 unspecified atom stereocenters. The highest BCUT2D eigenvalue weighted by atomic mass is 32.2. The average molecular weight is 357 g/mol. The van der Waals surface area contributed by atoms with Crippen molar-refractivity contribution in [1.82, 2.24) is 4.72 Å². The van der Waals surface area contributed by atoms with Crippen LogP contribution in [0.5, 0.6) is 0 Å². The lowest BCUT2D eigenvalue weighted by molar-refractivity contribution is 0.372. The van der Waals surface area contributed by atoms with Crippen LogP contribution in [0.15, 0.2) is 0 Å². The Kier molecular flexibility index (Phi) is 6.57. The molecule has 9 heteroatoms. The fourth-order valence-electron chi connectivity index (χ4n) is 2.52. The van der Waals surface area contributed by atoms with Gasteiger partial charge in [-0.3, -0.25) is 0 Å². The van der Waals surface area contributed by atoms with Gasteiger partial charge in [-0.1, -0.05) is 44.3 Å². The molecule has 0 aromatic rings. The minimum absolute atomic E-state index is 0.146. The van der Waals surface area contributed by atoms with E-state index in [-0.39, 0.29) is 4.99 Å². The second-order valence-corrected chi connectivity index (χ2v) is 10.3. The van der Waals surface area contributed by atoms with Gasteiger partial charge < -0.3 is 5.73 Å². The van der Waals surface area contributed by atoms with Gasteiger partial charge in [0.1, 0.15) is 9.84 Å². The van der Waals surface area contributed by atoms with Gasteiger partial charge >= 0.3 is 0 Å². The van der Waals surface area contributed by atoms with Gasteiger partial charge in [0.25, 0.3) is 0 Å². The van der Waals surface area contributed by atoms with Crippen molar-refractivity contribution >= 4 is 37.1 Å². The fraction of sp³-hybridized carbons (Fsp3) is 0.917. The third-order valence-corrected chi connectivity index (χ3v) is 6.79.